The van der Waals surface area contributed by atoms with Crippen LogP contribution in [0, 0.1) is 0 Å². The lowest BCUT2D eigenvalue weighted by molar-refractivity contribution is 0.262. The maximum absolute atomic E-state index is 12.7. The van der Waals surface area contributed by atoms with E-state index < -0.39 is 26.7 Å². The number of halogens is 3. The molecular weight excluding hydrogens is 461 g/mol. The first-order valence-corrected chi connectivity index (χ1v) is 11.4. The Morgan fingerprint density at radius 3 is 2.31 bits per heavy atom. The lowest BCUT2D eigenvalue weighted by Gasteiger charge is -2.17. The average Bonchev–Trinajstić information content (AvgIpc) is 3.13. The normalized spacial score (nSPS) is 14.7. The van der Waals surface area contributed by atoms with Crippen LogP contribution in [-0.4, -0.2) is 25.6 Å². The topological polar surface area (TPSA) is 108 Å². The summed E-state index contributed by atoms with van der Waals surface area (Å²) in [5, 5.41) is 15.6. The third-order valence-electron chi connectivity index (χ3n) is 4.48. The van der Waals surface area contributed by atoms with Crippen LogP contribution in [0.4, 0.5) is 16.2 Å². The number of benzene rings is 2. The van der Waals surface area contributed by atoms with Crippen LogP contribution in [0.1, 0.15) is 25.7 Å². The number of urea groups is 1. The molecule has 4 N–H and O–H groups in total. The third kappa shape index (κ3) is 5.07. The van der Waals surface area contributed by atoms with E-state index in [0.29, 0.717) is 0 Å². The van der Waals surface area contributed by atoms with Gasteiger partial charge in [-0.1, -0.05) is 53.7 Å². The lowest BCUT2D eigenvalue weighted by Crippen LogP contribution is -2.33. The lowest BCUT2D eigenvalue weighted by atomic mass is 10.3. The summed E-state index contributed by atoms with van der Waals surface area (Å²) in [5.74, 6) is -0.657. The van der Waals surface area contributed by atoms with E-state index in [0.717, 1.165) is 25.7 Å². The molecule has 156 valence electrons. The van der Waals surface area contributed by atoms with Gasteiger partial charge in [0.05, 0.1) is 26.4 Å². The zero-order valence-electron chi connectivity index (χ0n) is 15.0. The number of sulfonamides is 1. The minimum absolute atomic E-state index is 0.128. The molecule has 0 atom stereocenters. The Kier molecular flexibility index (Phi) is 6.80. The largest absolute Gasteiger partial charge is 0.504 e. The maximum Gasteiger partial charge on any atom is 0.323 e. The van der Waals surface area contributed by atoms with Gasteiger partial charge in [-0.05, 0) is 37.1 Å². The Balaban J connectivity index is 1.82. The molecule has 0 saturated heterocycles. The Hall–Kier alpha value is -1.71. The zero-order valence-corrected chi connectivity index (χ0v) is 18.1. The molecule has 3 rings (SSSR count). The Labute approximate surface area is 183 Å². The number of hydrogen-bond acceptors (Lipinski definition) is 4. The highest BCUT2D eigenvalue weighted by molar-refractivity contribution is 7.89. The summed E-state index contributed by atoms with van der Waals surface area (Å²) in [6.45, 7) is 0. The number of aromatic hydroxyl groups is 1. The highest BCUT2D eigenvalue weighted by Crippen LogP contribution is 2.37. The van der Waals surface area contributed by atoms with E-state index in [1.165, 1.54) is 18.2 Å². The quantitative estimate of drug-likeness (QED) is 0.442. The standard InChI is InChI=1S/C18H18Cl3N3O4S/c19-11-6-3-7-13(15(11)21)22-18(26)23-14-9-8-12(20)17(16(14)25)29(27,28)24-10-4-1-2-5-10/h3,6-10,24-25H,1-2,4-5H2,(H2,22,23,26). The molecular formula is C18H18Cl3N3O4S. The zero-order chi connectivity index (χ0) is 21.2. The van der Waals surface area contributed by atoms with Crippen LogP contribution in [0.2, 0.25) is 15.1 Å². The van der Waals surface area contributed by atoms with E-state index in [-0.39, 0.29) is 32.5 Å². The first-order valence-electron chi connectivity index (χ1n) is 8.75. The molecule has 0 aliphatic heterocycles. The van der Waals surface area contributed by atoms with Gasteiger partial charge in [0.25, 0.3) is 0 Å². The van der Waals surface area contributed by atoms with Crippen LogP contribution in [0.3, 0.4) is 0 Å². The number of anilines is 2. The molecule has 7 nitrogen and oxygen atoms in total. The molecule has 0 radical (unpaired) electrons. The van der Waals surface area contributed by atoms with Crippen LogP contribution < -0.4 is 15.4 Å². The fourth-order valence-corrected chi connectivity index (χ4v) is 5.39. The van der Waals surface area contributed by atoms with Crippen LogP contribution in [0.5, 0.6) is 5.75 Å². The van der Waals surface area contributed by atoms with Gasteiger partial charge in [0.1, 0.15) is 4.90 Å². The fraction of sp³-hybridized carbons (Fsp3) is 0.278. The first kappa shape index (κ1) is 22.0. The summed E-state index contributed by atoms with van der Waals surface area (Å²) in [5.41, 5.74) is 0.123. The molecule has 1 aliphatic carbocycles. The summed E-state index contributed by atoms with van der Waals surface area (Å²) >= 11 is 18.0. The van der Waals surface area contributed by atoms with E-state index in [2.05, 4.69) is 15.4 Å². The van der Waals surface area contributed by atoms with Crippen molar-refractivity contribution in [1.29, 1.82) is 0 Å². The second-order valence-electron chi connectivity index (χ2n) is 6.56. The van der Waals surface area contributed by atoms with Crippen molar-refractivity contribution in [3.8, 4) is 5.75 Å². The molecule has 0 bridgehead atoms. The van der Waals surface area contributed by atoms with Crippen molar-refractivity contribution >= 4 is 62.2 Å². The molecule has 2 aromatic rings. The number of phenolic OH excluding ortho intramolecular Hbond substituents is 1. The Morgan fingerprint density at radius 1 is 0.966 bits per heavy atom. The van der Waals surface area contributed by atoms with Gasteiger partial charge in [-0.25, -0.2) is 17.9 Å². The fourth-order valence-electron chi connectivity index (χ4n) is 3.10. The van der Waals surface area contributed by atoms with Crippen molar-refractivity contribution in [2.45, 2.75) is 36.6 Å². The van der Waals surface area contributed by atoms with Gasteiger partial charge in [0, 0.05) is 6.04 Å². The summed E-state index contributed by atoms with van der Waals surface area (Å²) in [4.78, 5) is 11.8. The van der Waals surface area contributed by atoms with E-state index >= 15 is 0 Å². The monoisotopic (exact) mass is 477 g/mol. The second-order valence-corrected chi connectivity index (χ2v) is 9.40. The number of carbonyl (C=O) groups excluding carboxylic acids is 1. The minimum Gasteiger partial charge on any atom is -0.504 e. The Bertz CT molecular complexity index is 1040. The Morgan fingerprint density at radius 2 is 1.62 bits per heavy atom. The molecule has 2 aromatic carbocycles. The molecule has 29 heavy (non-hydrogen) atoms. The summed E-state index contributed by atoms with van der Waals surface area (Å²) in [6, 6.07) is 6.32. The van der Waals surface area contributed by atoms with Crippen LogP contribution in [-0.2, 0) is 10.0 Å². The second kappa shape index (κ2) is 8.97. The maximum atomic E-state index is 12.7. The van der Waals surface area contributed by atoms with Gasteiger partial charge in [-0.2, -0.15) is 0 Å². The van der Waals surface area contributed by atoms with Crippen molar-refractivity contribution in [2.24, 2.45) is 0 Å². The van der Waals surface area contributed by atoms with Crippen molar-refractivity contribution in [2.75, 3.05) is 10.6 Å². The highest BCUT2D eigenvalue weighted by atomic mass is 35.5. The van der Waals surface area contributed by atoms with Gasteiger partial charge in [-0.3, -0.25) is 0 Å². The van der Waals surface area contributed by atoms with Gasteiger partial charge in [0.2, 0.25) is 10.0 Å². The van der Waals surface area contributed by atoms with Gasteiger partial charge in [0.15, 0.2) is 5.75 Å². The molecule has 0 aromatic heterocycles. The van der Waals surface area contributed by atoms with Crippen molar-refractivity contribution in [1.82, 2.24) is 4.72 Å². The number of carbonyl (C=O) groups is 1. The third-order valence-corrected chi connectivity index (χ3v) is 7.32. The van der Waals surface area contributed by atoms with E-state index in [9.17, 15) is 18.3 Å². The SMILES string of the molecule is O=C(Nc1ccc(Cl)c(S(=O)(=O)NC2CCCC2)c1O)Nc1cccc(Cl)c1Cl. The smallest absolute Gasteiger partial charge is 0.323 e. The van der Waals surface area contributed by atoms with E-state index in [1.807, 2.05) is 0 Å². The molecule has 1 fully saturated rings. The van der Waals surface area contributed by atoms with Gasteiger partial charge < -0.3 is 15.7 Å². The number of phenols is 1. The molecule has 0 spiro atoms. The van der Waals surface area contributed by atoms with Crippen LogP contribution >= 0.6 is 34.8 Å². The minimum atomic E-state index is -4.08. The number of amides is 2. The van der Waals surface area contributed by atoms with E-state index in [4.69, 9.17) is 34.8 Å². The number of hydrogen-bond donors (Lipinski definition) is 4. The molecule has 0 unspecified atom stereocenters. The molecule has 1 saturated carbocycles. The first-order chi connectivity index (χ1) is 13.7. The number of nitrogens with one attached hydrogen (secondary N) is 3. The predicted octanol–water partition coefficient (Wildman–Crippen LogP) is 5.22. The molecule has 1 aliphatic rings. The highest BCUT2D eigenvalue weighted by Gasteiger charge is 2.29. The van der Waals surface area contributed by atoms with Crippen LogP contribution in [0.25, 0.3) is 0 Å². The summed E-state index contributed by atoms with van der Waals surface area (Å²) in [7, 11) is -4.08. The van der Waals surface area contributed by atoms with Gasteiger partial charge in [-0.15, -0.1) is 0 Å². The summed E-state index contributed by atoms with van der Waals surface area (Å²) in [6.07, 6.45) is 3.30. The van der Waals surface area contributed by atoms with Crippen molar-refractivity contribution in [3.05, 3.63) is 45.4 Å². The van der Waals surface area contributed by atoms with Crippen molar-refractivity contribution in [3.63, 3.8) is 0 Å². The van der Waals surface area contributed by atoms with Crippen molar-refractivity contribution < 1.29 is 18.3 Å². The van der Waals surface area contributed by atoms with Crippen LogP contribution in [0.15, 0.2) is 35.2 Å². The average molecular weight is 479 g/mol. The molecule has 11 heteroatoms. The number of rotatable bonds is 5. The van der Waals surface area contributed by atoms with E-state index in [1.54, 1.807) is 12.1 Å². The summed E-state index contributed by atoms with van der Waals surface area (Å²) < 4.78 is 28.0. The molecule has 0 heterocycles. The van der Waals surface area contributed by atoms with Gasteiger partial charge >= 0.3 is 6.03 Å². The predicted molar refractivity (Wildman–Crippen MR) is 115 cm³/mol. The molecule has 2 amide bonds.